The Morgan fingerprint density at radius 1 is 1.44 bits per heavy atom. The molecular formula is C15H14O3. The first-order valence-corrected chi connectivity index (χ1v) is 6.10. The van der Waals surface area contributed by atoms with E-state index in [4.69, 9.17) is 9.84 Å². The summed E-state index contributed by atoms with van der Waals surface area (Å²) in [6.07, 6.45) is 7.13. The summed E-state index contributed by atoms with van der Waals surface area (Å²) >= 11 is 0. The van der Waals surface area contributed by atoms with Crippen LogP contribution in [-0.4, -0.2) is 24.3 Å². The van der Waals surface area contributed by atoms with Crippen LogP contribution in [0.1, 0.15) is 22.6 Å². The minimum atomic E-state index is -0.347. The van der Waals surface area contributed by atoms with Gasteiger partial charge in [0.1, 0.15) is 6.61 Å². The van der Waals surface area contributed by atoms with Crippen LogP contribution < -0.4 is 0 Å². The lowest BCUT2D eigenvalue weighted by Gasteiger charge is -2.16. The molecule has 0 heterocycles. The van der Waals surface area contributed by atoms with Gasteiger partial charge in [-0.15, -0.1) is 0 Å². The maximum absolute atomic E-state index is 11.9. The number of hydrogen-bond donors (Lipinski definition) is 1. The number of carbonyl (C=O) groups is 1. The molecule has 0 saturated heterocycles. The summed E-state index contributed by atoms with van der Waals surface area (Å²) in [4.78, 5) is 11.9. The van der Waals surface area contributed by atoms with Crippen molar-refractivity contribution < 1.29 is 14.6 Å². The zero-order chi connectivity index (χ0) is 12.5. The monoisotopic (exact) mass is 242 g/mol. The van der Waals surface area contributed by atoms with E-state index in [1.54, 1.807) is 0 Å². The van der Waals surface area contributed by atoms with Crippen LogP contribution in [0.15, 0.2) is 36.4 Å². The first-order chi connectivity index (χ1) is 8.81. The number of allylic oxidation sites excluding steroid dienone is 3. The second-order valence-electron chi connectivity index (χ2n) is 4.48. The summed E-state index contributed by atoms with van der Waals surface area (Å²) in [5.74, 6) is -0.151. The van der Waals surface area contributed by atoms with Crippen LogP contribution in [0.2, 0.25) is 0 Å². The van der Waals surface area contributed by atoms with Gasteiger partial charge in [-0.1, -0.05) is 36.4 Å². The zero-order valence-electron chi connectivity index (χ0n) is 9.93. The molecule has 0 aromatic heterocycles. The van der Waals surface area contributed by atoms with E-state index >= 15 is 0 Å². The Morgan fingerprint density at radius 2 is 2.33 bits per heavy atom. The van der Waals surface area contributed by atoms with E-state index in [1.165, 1.54) is 11.1 Å². The van der Waals surface area contributed by atoms with Gasteiger partial charge < -0.3 is 9.84 Å². The van der Waals surface area contributed by atoms with E-state index in [0.717, 1.165) is 12.0 Å². The van der Waals surface area contributed by atoms with Crippen molar-refractivity contribution >= 4 is 11.5 Å². The first-order valence-electron chi connectivity index (χ1n) is 6.10. The molecule has 0 saturated carbocycles. The highest BCUT2D eigenvalue weighted by Gasteiger charge is 2.29. The van der Waals surface area contributed by atoms with Crippen molar-refractivity contribution in [3.63, 3.8) is 0 Å². The Balaban J connectivity index is 1.98. The SMILES string of the molecule is O=C(OCCO)C1=CC2C=CCc3cccc1c32. The van der Waals surface area contributed by atoms with Crippen molar-refractivity contribution in [3.8, 4) is 0 Å². The van der Waals surface area contributed by atoms with Crippen molar-refractivity contribution in [2.45, 2.75) is 12.3 Å². The third-order valence-electron chi connectivity index (χ3n) is 3.39. The molecule has 1 N–H and O–H groups in total. The van der Waals surface area contributed by atoms with Gasteiger partial charge in [0.25, 0.3) is 0 Å². The summed E-state index contributed by atoms with van der Waals surface area (Å²) in [6.45, 7) is -0.0963. The average molecular weight is 242 g/mol. The van der Waals surface area contributed by atoms with Crippen molar-refractivity contribution in [2.75, 3.05) is 13.2 Å². The van der Waals surface area contributed by atoms with E-state index in [0.29, 0.717) is 5.57 Å². The second-order valence-corrected chi connectivity index (χ2v) is 4.48. The molecule has 1 unspecified atom stereocenters. The Bertz CT molecular complexity index is 555. The maximum atomic E-state index is 11.9. The fourth-order valence-electron chi connectivity index (χ4n) is 2.66. The van der Waals surface area contributed by atoms with Crippen molar-refractivity contribution in [1.82, 2.24) is 0 Å². The van der Waals surface area contributed by atoms with Crippen molar-refractivity contribution in [2.24, 2.45) is 0 Å². The average Bonchev–Trinajstić information content (AvgIpc) is 2.78. The van der Waals surface area contributed by atoms with Gasteiger partial charge in [-0.2, -0.15) is 0 Å². The standard InChI is InChI=1S/C15H14O3/c16-7-8-18-15(17)13-9-11-5-1-3-10-4-2-6-12(13)14(10)11/h1-2,4-6,9,11,16H,3,7-8H2. The highest BCUT2D eigenvalue weighted by Crippen LogP contribution is 2.41. The van der Waals surface area contributed by atoms with Gasteiger partial charge in [0.05, 0.1) is 12.2 Å². The summed E-state index contributed by atoms with van der Waals surface area (Å²) in [6, 6.07) is 6.04. The molecule has 18 heavy (non-hydrogen) atoms. The van der Waals surface area contributed by atoms with Gasteiger partial charge in [0.2, 0.25) is 0 Å². The Hall–Kier alpha value is -1.87. The molecule has 0 spiro atoms. The first kappa shape index (κ1) is 11.2. The van der Waals surface area contributed by atoms with E-state index < -0.39 is 0 Å². The molecule has 1 atom stereocenters. The number of benzene rings is 1. The second kappa shape index (κ2) is 4.42. The summed E-state index contributed by atoms with van der Waals surface area (Å²) < 4.78 is 5.00. The van der Waals surface area contributed by atoms with E-state index in [9.17, 15) is 4.79 Å². The molecule has 1 aromatic carbocycles. The predicted octanol–water partition coefficient (Wildman–Crippen LogP) is 1.81. The third kappa shape index (κ3) is 1.68. The third-order valence-corrected chi connectivity index (χ3v) is 3.39. The minimum absolute atomic E-state index is 0.0473. The Labute approximate surface area is 105 Å². The number of hydrogen-bond acceptors (Lipinski definition) is 3. The molecule has 0 amide bonds. The normalized spacial score (nSPS) is 19.4. The van der Waals surface area contributed by atoms with Crippen LogP contribution in [0.4, 0.5) is 0 Å². The van der Waals surface area contributed by atoms with Crippen molar-refractivity contribution in [3.05, 3.63) is 53.1 Å². The fourth-order valence-corrected chi connectivity index (χ4v) is 2.66. The van der Waals surface area contributed by atoms with E-state index in [-0.39, 0.29) is 25.1 Å². The number of aliphatic hydroxyl groups excluding tert-OH is 1. The molecule has 3 heteroatoms. The molecule has 3 nitrogen and oxygen atoms in total. The van der Waals surface area contributed by atoms with Crippen LogP contribution in [0.25, 0.3) is 5.57 Å². The predicted molar refractivity (Wildman–Crippen MR) is 68.0 cm³/mol. The Kier molecular flexibility index (Phi) is 2.76. The molecule has 2 aliphatic carbocycles. The highest BCUT2D eigenvalue weighted by atomic mass is 16.5. The molecule has 1 aromatic rings. The molecular weight excluding hydrogens is 228 g/mol. The van der Waals surface area contributed by atoms with Crippen LogP contribution in [0.5, 0.6) is 0 Å². The molecule has 0 aliphatic heterocycles. The molecule has 0 fully saturated rings. The van der Waals surface area contributed by atoms with Gasteiger partial charge in [-0.25, -0.2) is 4.79 Å². The lowest BCUT2D eigenvalue weighted by atomic mass is 9.88. The van der Waals surface area contributed by atoms with Gasteiger partial charge in [-0.05, 0) is 23.1 Å². The quantitative estimate of drug-likeness (QED) is 0.649. The van der Waals surface area contributed by atoms with Crippen LogP contribution in [0.3, 0.4) is 0 Å². The maximum Gasteiger partial charge on any atom is 0.338 e. The highest BCUT2D eigenvalue weighted by molar-refractivity contribution is 6.18. The molecule has 0 bridgehead atoms. The number of aliphatic hydroxyl groups is 1. The topological polar surface area (TPSA) is 46.5 Å². The van der Waals surface area contributed by atoms with Crippen LogP contribution in [0, 0.1) is 0 Å². The fraction of sp³-hybridized carbons (Fsp3) is 0.267. The van der Waals surface area contributed by atoms with Crippen LogP contribution in [-0.2, 0) is 16.0 Å². The smallest absolute Gasteiger partial charge is 0.338 e. The molecule has 3 rings (SSSR count). The van der Waals surface area contributed by atoms with E-state index in [2.05, 4.69) is 18.2 Å². The lowest BCUT2D eigenvalue weighted by molar-refractivity contribution is -0.137. The summed E-state index contributed by atoms with van der Waals surface area (Å²) in [7, 11) is 0. The zero-order valence-corrected chi connectivity index (χ0v) is 9.93. The largest absolute Gasteiger partial charge is 0.460 e. The molecule has 2 aliphatic rings. The Morgan fingerprint density at radius 3 is 3.17 bits per heavy atom. The molecule has 92 valence electrons. The number of carbonyl (C=O) groups excluding carboxylic acids is 1. The summed E-state index contributed by atoms with van der Waals surface area (Å²) in [5, 5.41) is 8.70. The van der Waals surface area contributed by atoms with Crippen LogP contribution >= 0.6 is 0 Å². The van der Waals surface area contributed by atoms with Gasteiger partial charge in [0, 0.05) is 5.92 Å². The molecule has 0 radical (unpaired) electrons. The number of ether oxygens (including phenoxy) is 1. The minimum Gasteiger partial charge on any atom is -0.460 e. The lowest BCUT2D eigenvalue weighted by Crippen LogP contribution is -2.09. The van der Waals surface area contributed by atoms with Gasteiger partial charge >= 0.3 is 5.97 Å². The van der Waals surface area contributed by atoms with Crippen molar-refractivity contribution in [1.29, 1.82) is 0 Å². The van der Waals surface area contributed by atoms with Gasteiger partial charge in [0.15, 0.2) is 0 Å². The number of esters is 1. The van der Waals surface area contributed by atoms with Gasteiger partial charge in [-0.3, -0.25) is 0 Å². The number of rotatable bonds is 3. The van der Waals surface area contributed by atoms with E-state index in [1.807, 2.05) is 18.2 Å². The summed E-state index contributed by atoms with van der Waals surface area (Å²) in [5.41, 5.74) is 4.11.